The first-order valence-electron chi connectivity index (χ1n) is 4.90. The van der Waals surface area contributed by atoms with Gasteiger partial charge in [-0.3, -0.25) is 4.79 Å². The SMILES string of the molecule is N#CC1=C(N2CC(N)CC2=O)CCC1. The molecule has 2 rings (SSSR count). The normalized spacial score (nSPS) is 27.3. The number of carbonyl (C=O) groups is 1. The molecule has 1 saturated heterocycles. The van der Waals surface area contributed by atoms with Crippen molar-refractivity contribution in [2.75, 3.05) is 6.54 Å². The molecule has 0 bridgehead atoms. The van der Waals surface area contributed by atoms with Gasteiger partial charge in [-0.25, -0.2) is 0 Å². The van der Waals surface area contributed by atoms with Gasteiger partial charge in [-0.2, -0.15) is 5.26 Å². The average Bonchev–Trinajstić information content (AvgIpc) is 2.71. The second kappa shape index (κ2) is 3.43. The zero-order valence-corrected chi connectivity index (χ0v) is 7.99. The number of likely N-dealkylation sites (tertiary alicyclic amines) is 1. The van der Waals surface area contributed by atoms with E-state index in [0.717, 1.165) is 30.5 Å². The van der Waals surface area contributed by atoms with E-state index in [9.17, 15) is 4.79 Å². The van der Waals surface area contributed by atoms with Gasteiger partial charge in [-0.15, -0.1) is 0 Å². The molecule has 1 aliphatic carbocycles. The van der Waals surface area contributed by atoms with Gasteiger partial charge in [0.15, 0.2) is 0 Å². The molecule has 1 aliphatic heterocycles. The fourth-order valence-corrected chi connectivity index (χ4v) is 2.14. The van der Waals surface area contributed by atoms with Crippen molar-refractivity contribution >= 4 is 5.91 Å². The topological polar surface area (TPSA) is 70.1 Å². The second-order valence-electron chi connectivity index (χ2n) is 3.86. The van der Waals surface area contributed by atoms with Crippen LogP contribution in [-0.4, -0.2) is 23.4 Å². The lowest BCUT2D eigenvalue weighted by Gasteiger charge is -2.17. The Kier molecular flexibility index (Phi) is 2.26. The van der Waals surface area contributed by atoms with Gasteiger partial charge in [0.2, 0.25) is 5.91 Å². The highest BCUT2D eigenvalue weighted by atomic mass is 16.2. The lowest BCUT2D eigenvalue weighted by molar-refractivity contribution is -0.126. The first kappa shape index (κ1) is 9.22. The van der Waals surface area contributed by atoms with Crippen LogP contribution in [0.1, 0.15) is 25.7 Å². The Balaban J connectivity index is 2.24. The molecule has 1 unspecified atom stereocenters. The number of allylic oxidation sites excluding steroid dienone is 2. The highest BCUT2D eigenvalue weighted by Gasteiger charge is 2.32. The number of nitriles is 1. The van der Waals surface area contributed by atoms with Gasteiger partial charge in [-0.1, -0.05) is 0 Å². The van der Waals surface area contributed by atoms with Gasteiger partial charge in [0.25, 0.3) is 0 Å². The maximum Gasteiger partial charge on any atom is 0.228 e. The predicted molar refractivity (Wildman–Crippen MR) is 50.8 cm³/mol. The van der Waals surface area contributed by atoms with E-state index in [0.29, 0.717) is 13.0 Å². The number of nitrogens with zero attached hydrogens (tertiary/aromatic N) is 2. The Bertz CT molecular complexity index is 340. The zero-order chi connectivity index (χ0) is 10.1. The highest BCUT2D eigenvalue weighted by Crippen LogP contribution is 2.30. The van der Waals surface area contributed by atoms with Crippen LogP contribution in [-0.2, 0) is 4.79 Å². The van der Waals surface area contributed by atoms with Crippen LogP contribution in [0.15, 0.2) is 11.3 Å². The first-order valence-corrected chi connectivity index (χ1v) is 4.90. The van der Waals surface area contributed by atoms with E-state index in [1.54, 1.807) is 4.90 Å². The van der Waals surface area contributed by atoms with Crippen LogP contribution in [0.5, 0.6) is 0 Å². The molecule has 74 valence electrons. The molecule has 0 aromatic heterocycles. The number of amides is 1. The minimum atomic E-state index is -0.0597. The fraction of sp³-hybridized carbons (Fsp3) is 0.600. The van der Waals surface area contributed by atoms with Crippen molar-refractivity contribution in [3.8, 4) is 6.07 Å². The molecule has 2 N–H and O–H groups in total. The standard InChI is InChI=1S/C10H13N3O/c11-5-7-2-1-3-9(7)13-6-8(12)4-10(13)14/h8H,1-4,6,12H2. The summed E-state index contributed by atoms with van der Waals surface area (Å²) in [7, 11) is 0. The number of carbonyl (C=O) groups excluding carboxylic acids is 1. The summed E-state index contributed by atoms with van der Waals surface area (Å²) in [5.41, 5.74) is 7.39. The van der Waals surface area contributed by atoms with Crippen molar-refractivity contribution < 1.29 is 4.79 Å². The molecule has 1 amide bonds. The van der Waals surface area contributed by atoms with Crippen LogP contribution in [0.4, 0.5) is 0 Å². The van der Waals surface area contributed by atoms with Crippen molar-refractivity contribution in [1.82, 2.24) is 4.90 Å². The summed E-state index contributed by atoms with van der Waals surface area (Å²) in [6.07, 6.45) is 3.06. The van der Waals surface area contributed by atoms with Crippen LogP contribution in [0, 0.1) is 11.3 Å². The largest absolute Gasteiger partial charge is 0.326 e. The van der Waals surface area contributed by atoms with Gasteiger partial charge < -0.3 is 10.6 Å². The number of rotatable bonds is 1. The third kappa shape index (κ3) is 1.40. The van der Waals surface area contributed by atoms with Gasteiger partial charge >= 0.3 is 0 Å². The molecule has 0 saturated carbocycles. The van der Waals surface area contributed by atoms with Gasteiger partial charge in [0.1, 0.15) is 0 Å². The maximum atomic E-state index is 11.5. The second-order valence-corrected chi connectivity index (χ2v) is 3.86. The fourth-order valence-electron chi connectivity index (χ4n) is 2.14. The highest BCUT2D eigenvalue weighted by molar-refractivity contribution is 5.81. The zero-order valence-electron chi connectivity index (χ0n) is 7.99. The third-order valence-corrected chi connectivity index (χ3v) is 2.80. The van der Waals surface area contributed by atoms with Gasteiger partial charge in [0.05, 0.1) is 6.07 Å². The quantitative estimate of drug-likeness (QED) is 0.656. The van der Waals surface area contributed by atoms with E-state index in [4.69, 9.17) is 11.0 Å². The molecule has 0 aromatic rings. The number of nitrogens with two attached hydrogens (primary N) is 1. The lowest BCUT2D eigenvalue weighted by Crippen LogP contribution is -2.27. The molecule has 1 atom stereocenters. The van der Waals surface area contributed by atoms with Crippen molar-refractivity contribution in [2.24, 2.45) is 5.73 Å². The summed E-state index contributed by atoms with van der Waals surface area (Å²) >= 11 is 0. The molecule has 1 heterocycles. The van der Waals surface area contributed by atoms with E-state index >= 15 is 0 Å². The van der Waals surface area contributed by atoms with Crippen molar-refractivity contribution in [3.63, 3.8) is 0 Å². The Morgan fingerprint density at radius 2 is 2.29 bits per heavy atom. The van der Waals surface area contributed by atoms with Crippen LogP contribution in [0.3, 0.4) is 0 Å². The van der Waals surface area contributed by atoms with E-state index in [-0.39, 0.29) is 11.9 Å². The van der Waals surface area contributed by atoms with Crippen LogP contribution < -0.4 is 5.73 Å². The van der Waals surface area contributed by atoms with E-state index in [1.807, 2.05) is 0 Å². The summed E-state index contributed by atoms with van der Waals surface area (Å²) in [6, 6.07) is 2.11. The average molecular weight is 191 g/mol. The van der Waals surface area contributed by atoms with E-state index in [2.05, 4.69) is 6.07 Å². The Hall–Kier alpha value is -1.34. The van der Waals surface area contributed by atoms with Crippen LogP contribution in [0.25, 0.3) is 0 Å². The minimum absolute atomic E-state index is 0.0597. The lowest BCUT2D eigenvalue weighted by atomic mass is 10.2. The molecular weight excluding hydrogens is 178 g/mol. The molecular formula is C10H13N3O. The van der Waals surface area contributed by atoms with Crippen molar-refractivity contribution in [3.05, 3.63) is 11.3 Å². The van der Waals surface area contributed by atoms with Gasteiger partial charge in [-0.05, 0) is 19.3 Å². The van der Waals surface area contributed by atoms with Crippen LogP contribution in [0.2, 0.25) is 0 Å². The van der Waals surface area contributed by atoms with Gasteiger partial charge in [0, 0.05) is 30.3 Å². The molecule has 2 aliphatic rings. The first-order chi connectivity index (χ1) is 6.72. The Morgan fingerprint density at radius 3 is 2.86 bits per heavy atom. The summed E-state index contributed by atoms with van der Waals surface area (Å²) in [5.74, 6) is 0.0714. The molecule has 0 aromatic carbocycles. The van der Waals surface area contributed by atoms with E-state index in [1.165, 1.54) is 0 Å². The summed E-state index contributed by atoms with van der Waals surface area (Å²) in [5, 5.41) is 8.87. The third-order valence-electron chi connectivity index (χ3n) is 2.80. The van der Waals surface area contributed by atoms with Crippen molar-refractivity contribution in [1.29, 1.82) is 5.26 Å². The molecule has 14 heavy (non-hydrogen) atoms. The number of hydrogen-bond donors (Lipinski definition) is 1. The summed E-state index contributed by atoms with van der Waals surface area (Å²) < 4.78 is 0. The molecule has 4 nitrogen and oxygen atoms in total. The predicted octanol–water partition coefficient (Wildman–Crippen LogP) is 0.508. The molecule has 1 fully saturated rings. The molecule has 0 spiro atoms. The summed E-state index contributed by atoms with van der Waals surface area (Å²) in [6.45, 7) is 0.583. The molecule has 0 radical (unpaired) electrons. The van der Waals surface area contributed by atoms with E-state index < -0.39 is 0 Å². The smallest absolute Gasteiger partial charge is 0.228 e. The number of hydrogen-bond acceptors (Lipinski definition) is 3. The van der Waals surface area contributed by atoms with Crippen LogP contribution >= 0.6 is 0 Å². The Morgan fingerprint density at radius 1 is 1.50 bits per heavy atom. The molecule has 4 heteroatoms. The Labute approximate surface area is 83.0 Å². The monoisotopic (exact) mass is 191 g/mol. The minimum Gasteiger partial charge on any atom is -0.326 e. The maximum absolute atomic E-state index is 11.5. The summed E-state index contributed by atoms with van der Waals surface area (Å²) in [4.78, 5) is 13.2. The van der Waals surface area contributed by atoms with Crippen molar-refractivity contribution in [2.45, 2.75) is 31.7 Å².